The van der Waals surface area contributed by atoms with E-state index in [1.165, 1.54) is 11.4 Å². The molecule has 2 heterocycles. The number of amides is 2. The van der Waals surface area contributed by atoms with Crippen molar-refractivity contribution in [2.24, 2.45) is 17.3 Å². The monoisotopic (exact) mass is 357 g/mol. The van der Waals surface area contributed by atoms with Gasteiger partial charge in [0.05, 0.1) is 6.26 Å². The zero-order valence-corrected chi connectivity index (χ0v) is 15.4. The fraction of sp³-hybridized carbons (Fsp3) is 0.875. The fourth-order valence-electron chi connectivity index (χ4n) is 4.26. The molecule has 0 aromatic rings. The van der Waals surface area contributed by atoms with Crippen LogP contribution in [0.25, 0.3) is 0 Å². The van der Waals surface area contributed by atoms with Crippen molar-refractivity contribution in [1.29, 1.82) is 0 Å². The number of likely N-dealkylation sites (tertiary alicyclic amines) is 1. The second kappa shape index (κ2) is 5.98. The summed E-state index contributed by atoms with van der Waals surface area (Å²) in [7, 11) is -1.96. The van der Waals surface area contributed by atoms with Gasteiger partial charge < -0.3 is 10.2 Å². The van der Waals surface area contributed by atoms with Gasteiger partial charge in [-0.3, -0.25) is 9.59 Å². The minimum Gasteiger partial charge on any atom is -0.358 e. The lowest BCUT2D eigenvalue weighted by Gasteiger charge is -2.31. The minimum absolute atomic E-state index is 0.134. The molecule has 0 radical (unpaired) electrons. The molecule has 1 spiro atoms. The maximum Gasteiger partial charge on any atom is 0.238 e. The van der Waals surface area contributed by atoms with Gasteiger partial charge in [-0.1, -0.05) is 6.92 Å². The first-order valence-electron chi connectivity index (χ1n) is 8.65. The van der Waals surface area contributed by atoms with Gasteiger partial charge in [0, 0.05) is 32.6 Å². The lowest BCUT2D eigenvalue weighted by Crippen LogP contribution is -2.44. The van der Waals surface area contributed by atoms with Crippen molar-refractivity contribution in [3.8, 4) is 0 Å². The molecular formula is C16H27N3O4S. The highest BCUT2D eigenvalue weighted by molar-refractivity contribution is 7.88. The number of sulfonamides is 1. The smallest absolute Gasteiger partial charge is 0.238 e. The molecule has 1 N–H and O–H groups in total. The summed E-state index contributed by atoms with van der Waals surface area (Å²) in [5, 5.41) is 2.55. The van der Waals surface area contributed by atoms with E-state index in [1.54, 1.807) is 0 Å². The van der Waals surface area contributed by atoms with E-state index in [-0.39, 0.29) is 29.7 Å². The first-order chi connectivity index (χ1) is 11.2. The number of likely N-dealkylation sites (N-methyl/N-ethyl adjacent to an activating group) is 1. The van der Waals surface area contributed by atoms with Crippen molar-refractivity contribution in [2.45, 2.75) is 38.6 Å². The number of hydrogen-bond acceptors (Lipinski definition) is 4. The molecule has 2 saturated heterocycles. The number of hydrogen-bond donors (Lipinski definition) is 1. The summed E-state index contributed by atoms with van der Waals surface area (Å²) in [6.45, 7) is 4.07. The summed E-state index contributed by atoms with van der Waals surface area (Å²) in [6, 6.07) is -0.691. The highest BCUT2D eigenvalue weighted by atomic mass is 32.2. The Morgan fingerprint density at radius 3 is 2.33 bits per heavy atom. The molecule has 24 heavy (non-hydrogen) atoms. The zero-order chi connectivity index (χ0) is 17.7. The second-order valence-corrected chi connectivity index (χ2v) is 9.70. The Morgan fingerprint density at radius 1 is 1.17 bits per heavy atom. The SMILES string of the molecule is CNC(=O)[C@@H]1C[C@@]2(C[C@@H]2C(=O)N2CCC(C)CC2)CN1S(C)(=O)=O. The van der Waals surface area contributed by atoms with E-state index in [2.05, 4.69) is 12.2 Å². The molecule has 3 atom stereocenters. The van der Waals surface area contributed by atoms with Gasteiger partial charge in [-0.2, -0.15) is 4.31 Å². The topological polar surface area (TPSA) is 86.8 Å². The number of nitrogens with zero attached hydrogens (tertiary/aromatic N) is 2. The van der Waals surface area contributed by atoms with Crippen LogP contribution in [0.3, 0.4) is 0 Å². The van der Waals surface area contributed by atoms with Crippen LogP contribution in [0.15, 0.2) is 0 Å². The minimum atomic E-state index is -3.47. The molecule has 2 amide bonds. The van der Waals surface area contributed by atoms with E-state index in [4.69, 9.17) is 0 Å². The van der Waals surface area contributed by atoms with Crippen molar-refractivity contribution in [3.63, 3.8) is 0 Å². The number of piperidine rings is 1. The van der Waals surface area contributed by atoms with Gasteiger partial charge in [0.1, 0.15) is 6.04 Å². The molecular weight excluding hydrogens is 330 g/mol. The van der Waals surface area contributed by atoms with Gasteiger partial charge >= 0.3 is 0 Å². The average Bonchev–Trinajstić information content (AvgIpc) is 3.07. The van der Waals surface area contributed by atoms with Gasteiger partial charge in [0.25, 0.3) is 0 Å². The predicted molar refractivity (Wildman–Crippen MR) is 89.5 cm³/mol. The van der Waals surface area contributed by atoms with Gasteiger partial charge in [0.15, 0.2) is 0 Å². The van der Waals surface area contributed by atoms with E-state index in [1.807, 2.05) is 4.90 Å². The molecule has 136 valence electrons. The van der Waals surface area contributed by atoms with Crippen LogP contribution in [0, 0.1) is 17.3 Å². The number of nitrogens with one attached hydrogen (secondary N) is 1. The molecule has 3 aliphatic rings. The van der Waals surface area contributed by atoms with Gasteiger partial charge in [-0.25, -0.2) is 8.42 Å². The Labute approximate surface area is 143 Å². The third-order valence-corrected chi connectivity index (χ3v) is 7.21. The third kappa shape index (κ3) is 3.06. The standard InChI is InChI=1S/C16H27N3O4S/c1-11-4-6-18(7-5-11)15(21)12-8-16(12)9-13(14(20)17-2)19(10-16)24(3,22)23/h11-13H,4-10H2,1-3H3,(H,17,20)/t12-,13+,16+/m1/s1. The first kappa shape index (κ1) is 17.7. The average molecular weight is 357 g/mol. The van der Waals surface area contributed by atoms with E-state index >= 15 is 0 Å². The largest absolute Gasteiger partial charge is 0.358 e. The maximum atomic E-state index is 12.8. The van der Waals surface area contributed by atoms with Gasteiger partial charge in [0.2, 0.25) is 21.8 Å². The molecule has 0 bridgehead atoms. The molecule has 3 fully saturated rings. The first-order valence-corrected chi connectivity index (χ1v) is 10.5. The van der Waals surface area contributed by atoms with E-state index < -0.39 is 16.1 Å². The summed E-state index contributed by atoms with van der Waals surface area (Å²) in [5.74, 6) is 0.381. The summed E-state index contributed by atoms with van der Waals surface area (Å²) >= 11 is 0. The van der Waals surface area contributed by atoms with Gasteiger partial charge in [-0.05, 0) is 37.0 Å². The Bertz CT molecular complexity index is 642. The maximum absolute atomic E-state index is 12.8. The number of carbonyl (C=O) groups excluding carboxylic acids is 2. The van der Waals surface area contributed by atoms with E-state index in [0.29, 0.717) is 18.8 Å². The van der Waals surface area contributed by atoms with Crippen LogP contribution in [0.2, 0.25) is 0 Å². The summed E-state index contributed by atoms with van der Waals surface area (Å²) in [5.41, 5.74) is -0.347. The molecule has 0 unspecified atom stereocenters. The normalized spacial score (nSPS) is 34.5. The second-order valence-electron chi connectivity index (χ2n) is 7.77. The van der Waals surface area contributed by atoms with Crippen molar-refractivity contribution >= 4 is 21.8 Å². The van der Waals surface area contributed by atoms with Crippen molar-refractivity contribution < 1.29 is 18.0 Å². The summed E-state index contributed by atoms with van der Waals surface area (Å²) in [4.78, 5) is 26.8. The molecule has 7 nitrogen and oxygen atoms in total. The zero-order valence-electron chi connectivity index (χ0n) is 14.6. The van der Waals surface area contributed by atoms with Crippen LogP contribution in [0.5, 0.6) is 0 Å². The molecule has 1 saturated carbocycles. The fourth-order valence-corrected chi connectivity index (χ4v) is 5.38. The highest BCUT2D eigenvalue weighted by Crippen LogP contribution is 2.61. The van der Waals surface area contributed by atoms with Crippen LogP contribution in [0.1, 0.15) is 32.6 Å². The van der Waals surface area contributed by atoms with E-state index in [9.17, 15) is 18.0 Å². The van der Waals surface area contributed by atoms with Gasteiger partial charge in [-0.15, -0.1) is 0 Å². The summed E-state index contributed by atoms with van der Waals surface area (Å²) < 4.78 is 25.4. The Balaban J connectivity index is 1.72. The number of rotatable bonds is 3. The highest BCUT2D eigenvalue weighted by Gasteiger charge is 2.66. The van der Waals surface area contributed by atoms with E-state index in [0.717, 1.165) is 32.2 Å². The Kier molecular flexibility index (Phi) is 4.40. The molecule has 0 aromatic heterocycles. The molecule has 3 rings (SSSR count). The van der Waals surface area contributed by atoms with Crippen LogP contribution in [0.4, 0.5) is 0 Å². The van der Waals surface area contributed by atoms with Crippen molar-refractivity contribution in [3.05, 3.63) is 0 Å². The Morgan fingerprint density at radius 2 is 1.79 bits per heavy atom. The molecule has 8 heteroatoms. The van der Waals surface area contributed by atoms with Crippen molar-refractivity contribution in [1.82, 2.24) is 14.5 Å². The Hall–Kier alpha value is -1.15. The predicted octanol–water partition coefficient (Wildman–Crippen LogP) is 0.0311. The third-order valence-electron chi connectivity index (χ3n) is 5.98. The van der Waals surface area contributed by atoms with Crippen molar-refractivity contribution in [2.75, 3.05) is 32.9 Å². The number of carbonyl (C=O) groups is 2. The van der Waals surface area contributed by atoms with Crippen LogP contribution in [-0.4, -0.2) is 68.4 Å². The van der Waals surface area contributed by atoms with Crippen LogP contribution < -0.4 is 5.32 Å². The lowest BCUT2D eigenvalue weighted by molar-refractivity contribution is -0.134. The van der Waals surface area contributed by atoms with Crippen LogP contribution >= 0.6 is 0 Å². The molecule has 2 aliphatic heterocycles. The summed E-state index contributed by atoms with van der Waals surface area (Å²) in [6.07, 6.45) is 4.33. The lowest BCUT2D eigenvalue weighted by atomic mass is 9.96. The quantitative estimate of drug-likeness (QED) is 0.772. The molecule has 0 aromatic carbocycles. The molecule has 1 aliphatic carbocycles. The van der Waals surface area contributed by atoms with Crippen LogP contribution in [-0.2, 0) is 19.6 Å².